The van der Waals surface area contributed by atoms with Crippen molar-refractivity contribution in [1.82, 2.24) is 4.98 Å². The van der Waals surface area contributed by atoms with Crippen molar-refractivity contribution in [2.45, 2.75) is 20.5 Å². The topological polar surface area (TPSA) is 85.5 Å². The maximum absolute atomic E-state index is 13.9. The number of nitro groups is 1. The number of aromatic nitrogens is 1. The average Bonchev–Trinajstić information content (AvgIpc) is 2.44. The van der Waals surface area contributed by atoms with Crippen LogP contribution in [0.15, 0.2) is 24.4 Å². The number of rotatable bonds is 4. The molecule has 0 unspecified atom stereocenters. The highest BCUT2D eigenvalue weighted by molar-refractivity contribution is 5.46. The summed E-state index contributed by atoms with van der Waals surface area (Å²) >= 11 is 0. The van der Waals surface area contributed by atoms with Gasteiger partial charge in [-0.3, -0.25) is 10.1 Å². The summed E-state index contributed by atoms with van der Waals surface area (Å²) in [6.45, 7) is 3.05. The summed E-state index contributed by atoms with van der Waals surface area (Å²) in [5.41, 5.74) is 1.22. The van der Waals surface area contributed by atoms with Crippen LogP contribution < -0.4 is 4.74 Å². The summed E-state index contributed by atoms with van der Waals surface area (Å²) in [5.74, 6) is -0.787. The van der Waals surface area contributed by atoms with Crippen LogP contribution in [0.25, 0.3) is 0 Å². The summed E-state index contributed by atoms with van der Waals surface area (Å²) in [4.78, 5) is 14.1. The Morgan fingerprint density at radius 1 is 1.33 bits per heavy atom. The van der Waals surface area contributed by atoms with Gasteiger partial charge >= 0.3 is 0 Å². The molecule has 0 atom stereocenters. The van der Waals surface area contributed by atoms with Gasteiger partial charge in [0.05, 0.1) is 17.6 Å². The van der Waals surface area contributed by atoms with E-state index in [0.717, 1.165) is 6.07 Å². The SMILES string of the molecule is Cc1cc(Oc2ncc(CO)cc2C)c(F)cc1[N+](=O)[O-]. The van der Waals surface area contributed by atoms with Crippen LogP contribution in [0.4, 0.5) is 10.1 Å². The van der Waals surface area contributed by atoms with Crippen molar-refractivity contribution in [3.63, 3.8) is 0 Å². The molecule has 21 heavy (non-hydrogen) atoms. The monoisotopic (exact) mass is 292 g/mol. The van der Waals surface area contributed by atoms with Crippen LogP contribution >= 0.6 is 0 Å². The number of aliphatic hydroxyl groups is 1. The molecule has 1 heterocycles. The van der Waals surface area contributed by atoms with E-state index in [0.29, 0.717) is 16.7 Å². The van der Waals surface area contributed by atoms with E-state index in [9.17, 15) is 14.5 Å². The summed E-state index contributed by atoms with van der Waals surface area (Å²) in [6.07, 6.45) is 1.42. The van der Waals surface area contributed by atoms with E-state index < -0.39 is 10.7 Å². The van der Waals surface area contributed by atoms with Gasteiger partial charge in [0, 0.05) is 17.3 Å². The van der Waals surface area contributed by atoms with Gasteiger partial charge in [-0.05, 0) is 31.5 Å². The smallest absolute Gasteiger partial charge is 0.275 e. The van der Waals surface area contributed by atoms with Crippen LogP contribution in [-0.2, 0) is 6.61 Å². The van der Waals surface area contributed by atoms with Gasteiger partial charge < -0.3 is 9.84 Å². The molecule has 0 aliphatic carbocycles. The minimum atomic E-state index is -0.834. The molecule has 6 nitrogen and oxygen atoms in total. The van der Waals surface area contributed by atoms with Crippen LogP contribution in [0.2, 0.25) is 0 Å². The zero-order valence-electron chi connectivity index (χ0n) is 11.5. The standard InChI is InChI=1S/C14H13FN2O4/c1-8-4-13(11(15)5-12(8)17(19)20)21-14-9(2)3-10(7-18)6-16-14/h3-6,18H,7H2,1-2H3. The Labute approximate surface area is 120 Å². The third-order valence-electron chi connectivity index (χ3n) is 2.92. The first-order valence-electron chi connectivity index (χ1n) is 6.11. The number of nitro benzene ring substituents is 1. The third-order valence-corrected chi connectivity index (χ3v) is 2.92. The maximum Gasteiger partial charge on any atom is 0.275 e. The Morgan fingerprint density at radius 2 is 2.05 bits per heavy atom. The van der Waals surface area contributed by atoms with Gasteiger partial charge in [-0.15, -0.1) is 0 Å². The Bertz CT molecular complexity index is 704. The van der Waals surface area contributed by atoms with E-state index in [1.807, 2.05) is 0 Å². The van der Waals surface area contributed by atoms with Gasteiger partial charge in [-0.25, -0.2) is 9.37 Å². The fraction of sp³-hybridized carbons (Fsp3) is 0.214. The lowest BCUT2D eigenvalue weighted by Crippen LogP contribution is -1.98. The third kappa shape index (κ3) is 3.14. The average molecular weight is 292 g/mol. The summed E-state index contributed by atoms with van der Waals surface area (Å²) in [6, 6.07) is 3.75. The summed E-state index contributed by atoms with van der Waals surface area (Å²) in [7, 11) is 0. The molecular formula is C14H13FN2O4. The molecule has 0 radical (unpaired) electrons. The lowest BCUT2D eigenvalue weighted by Gasteiger charge is -2.10. The second-order valence-electron chi connectivity index (χ2n) is 4.55. The van der Waals surface area contributed by atoms with E-state index in [4.69, 9.17) is 9.84 Å². The number of hydrogen-bond acceptors (Lipinski definition) is 5. The Morgan fingerprint density at radius 3 is 2.62 bits per heavy atom. The first-order valence-corrected chi connectivity index (χ1v) is 6.11. The highest BCUT2D eigenvalue weighted by Crippen LogP contribution is 2.31. The summed E-state index contributed by atoms with van der Waals surface area (Å²) < 4.78 is 19.2. The van der Waals surface area contributed by atoms with Crippen molar-refractivity contribution >= 4 is 5.69 Å². The molecule has 0 bridgehead atoms. The van der Waals surface area contributed by atoms with Crippen LogP contribution in [0.3, 0.4) is 0 Å². The van der Waals surface area contributed by atoms with E-state index in [1.54, 1.807) is 13.0 Å². The minimum Gasteiger partial charge on any atom is -0.436 e. The number of aliphatic hydroxyl groups excluding tert-OH is 1. The molecule has 0 amide bonds. The number of ether oxygens (including phenoxy) is 1. The zero-order chi connectivity index (χ0) is 15.6. The largest absolute Gasteiger partial charge is 0.436 e. The van der Waals surface area contributed by atoms with Gasteiger partial charge in [0.1, 0.15) is 0 Å². The van der Waals surface area contributed by atoms with Crippen LogP contribution in [-0.4, -0.2) is 15.0 Å². The molecule has 0 spiro atoms. The van der Waals surface area contributed by atoms with Crippen molar-refractivity contribution in [3.05, 3.63) is 57.0 Å². The zero-order valence-corrected chi connectivity index (χ0v) is 11.5. The fourth-order valence-electron chi connectivity index (χ4n) is 1.84. The van der Waals surface area contributed by atoms with Crippen molar-refractivity contribution in [3.8, 4) is 11.6 Å². The predicted molar refractivity (Wildman–Crippen MR) is 72.8 cm³/mol. The molecule has 2 aromatic rings. The second-order valence-corrected chi connectivity index (χ2v) is 4.55. The van der Waals surface area contributed by atoms with Crippen molar-refractivity contribution in [2.75, 3.05) is 0 Å². The van der Waals surface area contributed by atoms with Crippen LogP contribution in [0.5, 0.6) is 11.6 Å². The van der Waals surface area contributed by atoms with Crippen molar-refractivity contribution in [2.24, 2.45) is 0 Å². The highest BCUT2D eigenvalue weighted by atomic mass is 19.1. The Hall–Kier alpha value is -2.54. The Kier molecular flexibility index (Phi) is 4.13. The number of halogens is 1. The first-order chi connectivity index (χ1) is 9.92. The molecule has 110 valence electrons. The molecule has 0 saturated heterocycles. The highest BCUT2D eigenvalue weighted by Gasteiger charge is 2.17. The van der Waals surface area contributed by atoms with E-state index in [-0.39, 0.29) is 23.9 Å². The van der Waals surface area contributed by atoms with E-state index in [1.165, 1.54) is 19.2 Å². The van der Waals surface area contributed by atoms with Crippen molar-refractivity contribution in [1.29, 1.82) is 0 Å². The van der Waals surface area contributed by atoms with Crippen LogP contribution in [0, 0.1) is 29.8 Å². The fourth-order valence-corrected chi connectivity index (χ4v) is 1.84. The van der Waals surface area contributed by atoms with Crippen molar-refractivity contribution < 1.29 is 19.2 Å². The van der Waals surface area contributed by atoms with E-state index in [2.05, 4.69) is 4.98 Å². The number of pyridine rings is 1. The molecule has 2 rings (SSSR count). The molecular weight excluding hydrogens is 279 g/mol. The van der Waals surface area contributed by atoms with Gasteiger partial charge in [0.2, 0.25) is 5.88 Å². The Balaban J connectivity index is 2.36. The minimum absolute atomic E-state index is 0.134. The van der Waals surface area contributed by atoms with Gasteiger partial charge in [-0.2, -0.15) is 0 Å². The number of nitrogens with zero attached hydrogens (tertiary/aromatic N) is 2. The molecule has 0 fully saturated rings. The van der Waals surface area contributed by atoms with Gasteiger partial charge in [-0.1, -0.05) is 0 Å². The first kappa shape index (κ1) is 14.9. The predicted octanol–water partition coefficient (Wildman–Crippen LogP) is 3.03. The maximum atomic E-state index is 13.9. The lowest BCUT2D eigenvalue weighted by atomic mass is 10.2. The molecule has 1 N–H and O–H groups in total. The second kappa shape index (κ2) is 5.84. The molecule has 7 heteroatoms. The number of aryl methyl sites for hydroxylation is 2. The molecule has 1 aromatic heterocycles. The molecule has 0 saturated carbocycles. The molecule has 0 aliphatic heterocycles. The van der Waals surface area contributed by atoms with E-state index >= 15 is 0 Å². The normalized spacial score (nSPS) is 10.5. The lowest BCUT2D eigenvalue weighted by molar-refractivity contribution is -0.385. The summed E-state index contributed by atoms with van der Waals surface area (Å²) in [5, 5.41) is 19.7. The van der Waals surface area contributed by atoms with Crippen LogP contribution in [0.1, 0.15) is 16.7 Å². The number of benzene rings is 1. The quantitative estimate of drug-likeness (QED) is 0.691. The van der Waals surface area contributed by atoms with Gasteiger partial charge in [0.25, 0.3) is 5.69 Å². The number of hydrogen-bond donors (Lipinski definition) is 1. The molecule has 0 aliphatic rings. The van der Waals surface area contributed by atoms with Gasteiger partial charge in [0.15, 0.2) is 11.6 Å². The molecule has 1 aromatic carbocycles.